The Morgan fingerprint density at radius 2 is 1.08 bits per heavy atom. The number of amides is 6. The van der Waals surface area contributed by atoms with E-state index in [1.165, 1.54) is 56.7 Å². The maximum absolute atomic E-state index is 14.7. The van der Waals surface area contributed by atoms with Gasteiger partial charge in [0.2, 0.25) is 35.2 Å². The van der Waals surface area contributed by atoms with Crippen LogP contribution in [0.15, 0.2) is 47.2 Å². The molecule has 6 amide bonds. The zero-order valence-electron chi connectivity index (χ0n) is 34.8. The van der Waals surface area contributed by atoms with Crippen LogP contribution in [-0.2, 0) is 66.5 Å². The number of thiophene rings is 2. The normalized spacial score (nSPS) is 18.8. The number of ketones is 2. The SMILES string of the molecule is Cc1ccc(C(F)(F)C(=O)CCc2scc3c2CN(C2CCC(=O)NC2=O)C3=O)cc1Cl.Cc1ccc(C(F)(F)C(=O)CCc2scc3c2CN(C2CCCC(=O)NC2=O)C3=O)cc1Cl. The van der Waals surface area contributed by atoms with Crippen molar-refractivity contribution in [3.63, 3.8) is 0 Å². The molecule has 2 aromatic carbocycles. The fourth-order valence-electron chi connectivity index (χ4n) is 8.08. The predicted octanol–water partition coefficient (Wildman–Crippen LogP) is 7.92. The van der Waals surface area contributed by atoms with E-state index in [1.807, 2.05) is 0 Å². The minimum absolute atomic E-state index is 0.0600. The second-order valence-electron chi connectivity index (χ2n) is 16.2. The first-order chi connectivity index (χ1) is 30.7. The number of fused-ring (bicyclic) bond motifs is 2. The smallest absolute Gasteiger partial charge is 0.322 e. The van der Waals surface area contributed by atoms with E-state index in [9.17, 15) is 55.9 Å². The molecule has 0 radical (unpaired) electrons. The number of nitrogens with zero attached hydrogens (tertiary/aromatic N) is 2. The lowest BCUT2D eigenvalue weighted by Gasteiger charge is -2.29. The van der Waals surface area contributed by atoms with Crippen LogP contribution in [0.5, 0.6) is 0 Å². The highest BCUT2D eigenvalue weighted by Crippen LogP contribution is 2.39. The predicted molar refractivity (Wildman–Crippen MR) is 232 cm³/mol. The van der Waals surface area contributed by atoms with E-state index in [4.69, 9.17) is 23.2 Å². The van der Waals surface area contributed by atoms with Gasteiger partial charge in [0.15, 0.2) is 0 Å². The summed E-state index contributed by atoms with van der Waals surface area (Å²) in [5, 5.41) is 8.12. The molecule has 0 spiro atoms. The van der Waals surface area contributed by atoms with Crippen molar-refractivity contribution < 1.29 is 55.9 Å². The van der Waals surface area contributed by atoms with Gasteiger partial charge < -0.3 is 9.80 Å². The van der Waals surface area contributed by atoms with Crippen LogP contribution in [-0.4, -0.2) is 68.9 Å². The third-order valence-electron chi connectivity index (χ3n) is 11.9. The number of rotatable bonds is 12. The first-order valence-corrected chi connectivity index (χ1v) is 23.0. The molecule has 2 N–H and O–H groups in total. The largest absolute Gasteiger partial charge is 0.330 e. The average Bonchev–Trinajstić information content (AvgIpc) is 3.99. The molecule has 8 rings (SSSR count). The summed E-state index contributed by atoms with van der Waals surface area (Å²) >= 11 is 14.4. The number of benzene rings is 2. The van der Waals surface area contributed by atoms with Crippen LogP contribution < -0.4 is 10.6 Å². The second-order valence-corrected chi connectivity index (χ2v) is 18.9. The molecule has 0 bridgehead atoms. The van der Waals surface area contributed by atoms with Gasteiger partial charge in [0.05, 0.1) is 11.1 Å². The molecule has 342 valence electrons. The van der Waals surface area contributed by atoms with Gasteiger partial charge >= 0.3 is 11.8 Å². The molecule has 12 nitrogen and oxygen atoms in total. The number of carbonyl (C=O) groups excluding carboxylic acids is 8. The van der Waals surface area contributed by atoms with E-state index in [2.05, 4.69) is 10.6 Å². The lowest BCUT2D eigenvalue weighted by atomic mass is 9.99. The van der Waals surface area contributed by atoms with Crippen LogP contribution in [0.25, 0.3) is 0 Å². The van der Waals surface area contributed by atoms with Crippen molar-refractivity contribution >= 4 is 92.9 Å². The standard InChI is InChI=1S/C23H21ClF2N2O4S.C22H19ClF2N2O4S/c1-12-5-6-13(9-16(12)24)23(25,26)19(29)8-7-18-14-10-28(22(32)15(14)11-33-18)17-3-2-4-20(30)27-21(17)31;1-11-2-3-12(8-15(11)23)22(24,25)18(28)6-5-17-13-9-27(21(31)14(13)10-32-17)16-4-7-19(29)26-20(16)30/h5-6,9,11,17H,2-4,7-8,10H2,1H3,(H,27,30,31);2-3,8,10,16H,4-7,9H2,1H3,(H,26,29,30). The van der Waals surface area contributed by atoms with Gasteiger partial charge in [0, 0.05) is 80.5 Å². The number of hydrogen-bond donors (Lipinski definition) is 2. The number of carbonyl (C=O) groups is 8. The number of aryl methyl sites for hydroxylation is 4. The first kappa shape index (κ1) is 47.7. The summed E-state index contributed by atoms with van der Waals surface area (Å²) in [5.41, 5.74) is 2.52. The third-order valence-corrected chi connectivity index (χ3v) is 14.9. The number of nitrogens with one attached hydrogen (secondary N) is 2. The van der Waals surface area contributed by atoms with Crippen LogP contribution in [0.1, 0.15) is 109 Å². The molecule has 2 atom stereocenters. The molecule has 65 heavy (non-hydrogen) atoms. The molecule has 0 saturated carbocycles. The Kier molecular flexibility index (Phi) is 13.9. The van der Waals surface area contributed by atoms with Crippen molar-refractivity contribution in [3.8, 4) is 0 Å². The van der Waals surface area contributed by atoms with Gasteiger partial charge in [0.1, 0.15) is 12.1 Å². The second kappa shape index (κ2) is 18.9. The highest BCUT2D eigenvalue weighted by molar-refractivity contribution is 7.10. The molecule has 4 aromatic rings. The molecular weight excluding hydrogens is 936 g/mol. The van der Waals surface area contributed by atoms with Crippen molar-refractivity contribution in [3.05, 3.63) is 111 Å². The fourth-order valence-corrected chi connectivity index (χ4v) is 10.5. The topological polar surface area (TPSA) is 167 Å². The van der Waals surface area contributed by atoms with Crippen molar-refractivity contribution in [1.29, 1.82) is 0 Å². The zero-order valence-corrected chi connectivity index (χ0v) is 37.9. The van der Waals surface area contributed by atoms with Crippen LogP contribution in [0.3, 0.4) is 0 Å². The minimum atomic E-state index is -3.68. The number of Topliss-reactive ketones (excluding diaryl/α,β-unsaturated/α-hetero) is 2. The highest BCUT2D eigenvalue weighted by atomic mass is 35.5. The molecule has 0 aliphatic carbocycles. The van der Waals surface area contributed by atoms with E-state index >= 15 is 0 Å². The molecule has 6 heterocycles. The summed E-state index contributed by atoms with van der Waals surface area (Å²) in [5.74, 6) is -12.2. The molecule has 2 aromatic heterocycles. The Morgan fingerprint density at radius 3 is 1.49 bits per heavy atom. The van der Waals surface area contributed by atoms with Gasteiger partial charge in [-0.3, -0.25) is 49.0 Å². The van der Waals surface area contributed by atoms with Crippen molar-refractivity contribution in [2.75, 3.05) is 0 Å². The van der Waals surface area contributed by atoms with E-state index in [0.29, 0.717) is 56.0 Å². The quantitative estimate of drug-likeness (QED) is 0.107. The third kappa shape index (κ3) is 9.67. The molecule has 4 aliphatic rings. The highest BCUT2D eigenvalue weighted by Gasteiger charge is 2.44. The van der Waals surface area contributed by atoms with Gasteiger partial charge in [0.25, 0.3) is 11.8 Å². The number of imide groups is 2. The Labute approximate surface area is 387 Å². The lowest BCUT2D eigenvalue weighted by molar-refractivity contribution is -0.144. The Bertz CT molecular complexity index is 2670. The summed E-state index contributed by atoms with van der Waals surface area (Å²) in [6, 6.07) is 5.99. The molecule has 2 fully saturated rings. The summed E-state index contributed by atoms with van der Waals surface area (Å²) in [6.07, 6.45) is 0.772. The zero-order chi connectivity index (χ0) is 47.1. The minimum Gasteiger partial charge on any atom is -0.322 e. The average molecular weight is 976 g/mol. The summed E-state index contributed by atoms with van der Waals surface area (Å²) in [4.78, 5) is 102. The molecule has 4 aliphatic heterocycles. The number of hydrogen-bond acceptors (Lipinski definition) is 10. The van der Waals surface area contributed by atoms with Gasteiger partial charge in [-0.05, 0) is 80.3 Å². The van der Waals surface area contributed by atoms with Gasteiger partial charge in [-0.25, -0.2) is 0 Å². The maximum atomic E-state index is 14.7. The maximum Gasteiger partial charge on any atom is 0.330 e. The summed E-state index contributed by atoms with van der Waals surface area (Å²) < 4.78 is 58.7. The van der Waals surface area contributed by atoms with Crippen LogP contribution in [0, 0.1) is 13.8 Å². The van der Waals surface area contributed by atoms with Gasteiger partial charge in [-0.1, -0.05) is 47.5 Å². The van der Waals surface area contributed by atoms with Crippen molar-refractivity contribution in [2.45, 2.75) is 109 Å². The van der Waals surface area contributed by atoms with Gasteiger partial charge in [-0.15, -0.1) is 22.7 Å². The number of alkyl halides is 4. The van der Waals surface area contributed by atoms with E-state index in [-0.39, 0.29) is 78.9 Å². The lowest BCUT2D eigenvalue weighted by Crippen LogP contribution is -2.52. The molecular formula is C45H40Cl2F4N4O8S2. The Hall–Kier alpha value is -5.30. The van der Waals surface area contributed by atoms with Crippen LogP contribution >= 0.6 is 45.9 Å². The number of halogens is 6. The van der Waals surface area contributed by atoms with E-state index in [0.717, 1.165) is 12.1 Å². The number of piperidine rings is 1. The Morgan fingerprint density at radius 1 is 0.662 bits per heavy atom. The molecule has 2 saturated heterocycles. The van der Waals surface area contributed by atoms with Crippen LogP contribution in [0.4, 0.5) is 17.6 Å². The van der Waals surface area contributed by atoms with Gasteiger partial charge in [-0.2, -0.15) is 17.6 Å². The summed E-state index contributed by atoms with van der Waals surface area (Å²) in [6.45, 7) is 3.67. The van der Waals surface area contributed by atoms with Crippen molar-refractivity contribution in [2.24, 2.45) is 0 Å². The summed E-state index contributed by atoms with van der Waals surface area (Å²) in [7, 11) is 0. The van der Waals surface area contributed by atoms with Crippen molar-refractivity contribution in [1.82, 2.24) is 20.4 Å². The monoisotopic (exact) mass is 974 g/mol. The molecule has 20 heteroatoms. The van der Waals surface area contributed by atoms with E-state index in [1.54, 1.807) is 24.6 Å². The Balaban J connectivity index is 0.000000194. The molecule has 2 unspecified atom stereocenters. The first-order valence-electron chi connectivity index (χ1n) is 20.5. The van der Waals surface area contributed by atoms with Crippen LogP contribution in [0.2, 0.25) is 10.0 Å². The fraction of sp³-hybridized carbons (Fsp3) is 0.378. The van der Waals surface area contributed by atoms with E-state index < -0.39 is 71.3 Å².